The summed E-state index contributed by atoms with van der Waals surface area (Å²) in [6, 6.07) is 16.1. The number of rotatable bonds is 3. The number of carbonyl (C=O) groups excluding carboxylic acids is 1. The number of phenolic OH excluding ortho intramolecular Hbond substituents is 1. The first kappa shape index (κ1) is 14.7. The third-order valence-electron chi connectivity index (χ3n) is 2.29. The molecule has 0 fully saturated rings. The van der Waals surface area contributed by atoms with Gasteiger partial charge in [0, 0.05) is 0 Å². The van der Waals surface area contributed by atoms with E-state index in [9.17, 15) is 4.79 Å². The van der Waals surface area contributed by atoms with Gasteiger partial charge in [-0.3, -0.25) is 4.79 Å². The van der Waals surface area contributed by atoms with Gasteiger partial charge in [0.05, 0.1) is 6.61 Å². The predicted molar refractivity (Wildman–Crippen MR) is 75.6 cm³/mol. The summed E-state index contributed by atoms with van der Waals surface area (Å²) in [5.74, 6) is 0.229. The molecule has 0 radical (unpaired) electrons. The minimum absolute atomic E-state index is 0.0281. The molecule has 98 valence electrons. The zero-order valence-electron chi connectivity index (χ0n) is 10.4. The Morgan fingerprint density at radius 3 is 2.11 bits per heavy atom. The van der Waals surface area contributed by atoms with E-state index in [2.05, 4.69) is 0 Å². The van der Waals surface area contributed by atoms with Crippen molar-refractivity contribution in [1.82, 2.24) is 0 Å². The molecule has 19 heavy (non-hydrogen) atoms. The minimum atomic E-state index is 0.0281. The Bertz CT molecular complexity index is 501. The van der Waals surface area contributed by atoms with E-state index in [4.69, 9.17) is 10.2 Å². The zero-order valence-corrected chi connectivity index (χ0v) is 10.4. The van der Waals surface area contributed by atoms with Crippen LogP contribution in [0.3, 0.4) is 0 Å². The van der Waals surface area contributed by atoms with Crippen LogP contribution in [-0.4, -0.2) is 16.5 Å². The second-order valence-electron chi connectivity index (χ2n) is 3.73. The smallest absolute Gasteiger partial charge is 0.142 e. The number of carbonyl (C=O) groups is 1. The number of aldehydes is 1. The summed E-state index contributed by atoms with van der Waals surface area (Å²) < 4.78 is 0. The topological polar surface area (TPSA) is 57.5 Å². The molecule has 0 heterocycles. The highest BCUT2D eigenvalue weighted by molar-refractivity contribution is 5.73. The number of aromatic hydroxyl groups is 1. The van der Waals surface area contributed by atoms with Crippen LogP contribution < -0.4 is 0 Å². The van der Waals surface area contributed by atoms with Gasteiger partial charge in [0.2, 0.25) is 0 Å². The van der Waals surface area contributed by atoms with E-state index >= 15 is 0 Å². The maximum atomic E-state index is 9.89. The first-order valence-electron chi connectivity index (χ1n) is 5.82. The number of benzene rings is 2. The van der Waals surface area contributed by atoms with Crippen molar-refractivity contribution < 1.29 is 15.0 Å². The Kier molecular flexibility index (Phi) is 6.69. The van der Waals surface area contributed by atoms with Crippen LogP contribution in [-0.2, 0) is 11.4 Å². The summed E-state index contributed by atoms with van der Waals surface area (Å²) in [6.45, 7) is 0.0281. The van der Waals surface area contributed by atoms with Gasteiger partial charge in [-0.1, -0.05) is 48.5 Å². The largest absolute Gasteiger partial charge is 0.508 e. The molecule has 0 unspecified atom stereocenters. The van der Waals surface area contributed by atoms with Crippen molar-refractivity contribution in [3.05, 3.63) is 71.8 Å². The normalized spacial score (nSPS) is 9.74. The molecular weight excluding hydrogens is 240 g/mol. The molecule has 2 N–H and O–H groups in total. The van der Waals surface area contributed by atoms with E-state index in [1.165, 1.54) is 6.08 Å². The van der Waals surface area contributed by atoms with Crippen molar-refractivity contribution in [3.8, 4) is 5.75 Å². The summed E-state index contributed by atoms with van der Waals surface area (Å²) in [6.07, 6.45) is 4.02. The van der Waals surface area contributed by atoms with Crippen LogP contribution in [0.25, 0.3) is 6.08 Å². The molecule has 0 amide bonds. The third kappa shape index (κ3) is 6.19. The van der Waals surface area contributed by atoms with Crippen LogP contribution in [0.2, 0.25) is 0 Å². The van der Waals surface area contributed by atoms with Gasteiger partial charge in [-0.25, -0.2) is 0 Å². The van der Waals surface area contributed by atoms with Crippen molar-refractivity contribution >= 4 is 12.4 Å². The van der Waals surface area contributed by atoms with Crippen LogP contribution >= 0.6 is 0 Å². The fraction of sp³-hybridized carbons (Fsp3) is 0.0625. The Morgan fingerprint density at radius 1 is 0.947 bits per heavy atom. The van der Waals surface area contributed by atoms with Gasteiger partial charge < -0.3 is 10.2 Å². The third-order valence-corrected chi connectivity index (χ3v) is 2.29. The Balaban J connectivity index is 0.000000191. The lowest BCUT2D eigenvalue weighted by Crippen LogP contribution is -1.78. The van der Waals surface area contributed by atoms with Gasteiger partial charge in [-0.2, -0.15) is 0 Å². The summed E-state index contributed by atoms with van der Waals surface area (Å²) in [5, 5.41) is 17.3. The van der Waals surface area contributed by atoms with Crippen molar-refractivity contribution in [2.75, 3.05) is 0 Å². The van der Waals surface area contributed by atoms with Gasteiger partial charge >= 0.3 is 0 Å². The molecule has 0 aliphatic heterocycles. The van der Waals surface area contributed by atoms with Crippen molar-refractivity contribution in [2.24, 2.45) is 0 Å². The van der Waals surface area contributed by atoms with Crippen LogP contribution in [0.5, 0.6) is 5.75 Å². The summed E-state index contributed by atoms with van der Waals surface area (Å²) in [5.41, 5.74) is 1.86. The number of allylic oxidation sites excluding steroid dienone is 1. The predicted octanol–water partition coefficient (Wildman–Crippen LogP) is 2.78. The van der Waals surface area contributed by atoms with Gasteiger partial charge in [0.25, 0.3) is 0 Å². The number of hydrogen-bond donors (Lipinski definition) is 2. The molecule has 0 saturated carbocycles. The standard InChI is InChI=1S/C9H8O.C7H8O2/c10-8-4-7-9-5-2-1-3-6-9;8-5-6-1-3-7(9)4-2-6/h1-8H;1-4,8-9H,5H2. The highest BCUT2D eigenvalue weighted by Gasteiger charge is 1.87. The van der Waals surface area contributed by atoms with Crippen LogP contribution in [0, 0.1) is 0 Å². The highest BCUT2D eigenvalue weighted by Crippen LogP contribution is 2.08. The molecule has 3 heteroatoms. The van der Waals surface area contributed by atoms with E-state index in [1.54, 1.807) is 30.3 Å². The lowest BCUT2D eigenvalue weighted by molar-refractivity contribution is -0.104. The summed E-state index contributed by atoms with van der Waals surface area (Å²) >= 11 is 0. The molecular formula is C16H16O3. The molecule has 0 atom stereocenters. The number of hydrogen-bond acceptors (Lipinski definition) is 3. The van der Waals surface area contributed by atoms with Gasteiger partial charge in [-0.15, -0.1) is 0 Å². The SMILES string of the molecule is O=CC=Cc1ccccc1.OCc1ccc(O)cc1. The molecule has 0 saturated heterocycles. The van der Waals surface area contributed by atoms with E-state index in [0.717, 1.165) is 17.4 Å². The first-order chi connectivity index (χ1) is 9.26. The number of phenols is 1. The van der Waals surface area contributed by atoms with E-state index in [-0.39, 0.29) is 12.4 Å². The molecule has 0 aliphatic rings. The minimum Gasteiger partial charge on any atom is -0.508 e. The van der Waals surface area contributed by atoms with Gasteiger partial charge in [-0.05, 0) is 29.3 Å². The van der Waals surface area contributed by atoms with Crippen molar-refractivity contribution in [2.45, 2.75) is 6.61 Å². The lowest BCUT2D eigenvalue weighted by atomic mass is 10.2. The maximum Gasteiger partial charge on any atom is 0.142 e. The second kappa shape index (κ2) is 8.66. The summed E-state index contributed by atoms with van der Waals surface area (Å²) in [7, 11) is 0. The average Bonchev–Trinajstić information content (AvgIpc) is 2.48. The lowest BCUT2D eigenvalue weighted by Gasteiger charge is -1.93. The highest BCUT2D eigenvalue weighted by atomic mass is 16.3. The van der Waals surface area contributed by atoms with E-state index in [1.807, 2.05) is 30.3 Å². The molecule has 2 rings (SSSR count). The second-order valence-corrected chi connectivity index (χ2v) is 3.73. The fourth-order valence-corrected chi connectivity index (χ4v) is 1.32. The zero-order chi connectivity index (χ0) is 13.9. The molecule has 0 bridgehead atoms. The Hall–Kier alpha value is -2.39. The van der Waals surface area contributed by atoms with Gasteiger partial charge in [0.15, 0.2) is 0 Å². The maximum absolute atomic E-state index is 9.89. The van der Waals surface area contributed by atoms with Crippen molar-refractivity contribution in [1.29, 1.82) is 0 Å². The fourth-order valence-electron chi connectivity index (χ4n) is 1.32. The molecule has 0 aromatic heterocycles. The van der Waals surface area contributed by atoms with E-state index < -0.39 is 0 Å². The number of aliphatic hydroxyl groups excluding tert-OH is 1. The number of aliphatic hydroxyl groups is 1. The monoisotopic (exact) mass is 256 g/mol. The van der Waals surface area contributed by atoms with Crippen LogP contribution in [0.15, 0.2) is 60.7 Å². The average molecular weight is 256 g/mol. The van der Waals surface area contributed by atoms with Crippen LogP contribution in [0.4, 0.5) is 0 Å². The van der Waals surface area contributed by atoms with Gasteiger partial charge in [0.1, 0.15) is 12.0 Å². The molecule has 0 spiro atoms. The van der Waals surface area contributed by atoms with Crippen molar-refractivity contribution in [3.63, 3.8) is 0 Å². The summed E-state index contributed by atoms with van der Waals surface area (Å²) in [4.78, 5) is 9.89. The van der Waals surface area contributed by atoms with E-state index in [0.29, 0.717) is 0 Å². The molecule has 0 aliphatic carbocycles. The molecule has 2 aromatic rings. The molecule has 2 aromatic carbocycles. The van der Waals surface area contributed by atoms with Crippen LogP contribution in [0.1, 0.15) is 11.1 Å². The molecule has 3 nitrogen and oxygen atoms in total. The Labute approximate surface area is 112 Å². The Morgan fingerprint density at radius 2 is 1.58 bits per heavy atom. The first-order valence-corrected chi connectivity index (χ1v) is 5.82. The quantitative estimate of drug-likeness (QED) is 0.655.